The molecular formula is C18H13N5O2. The standard InChI is InChI=1S/C18H13N5O2/c1-3-14(17(19-7-1)23-9-2-8-20-23)18-21-16(22-25-18)13-4-5-15-12(11-13)6-10-24-15/h1-5,7-9,11H,6,10H2. The minimum absolute atomic E-state index is 0.408. The van der Waals surface area contributed by atoms with Crippen molar-refractivity contribution in [1.82, 2.24) is 24.9 Å². The number of nitrogens with zero attached hydrogens (tertiary/aromatic N) is 5. The van der Waals surface area contributed by atoms with Crippen molar-refractivity contribution in [3.63, 3.8) is 0 Å². The fourth-order valence-electron chi connectivity index (χ4n) is 2.92. The lowest BCUT2D eigenvalue weighted by Gasteiger charge is -2.03. The lowest BCUT2D eigenvalue weighted by Crippen LogP contribution is -2.00. The molecule has 0 bridgehead atoms. The van der Waals surface area contributed by atoms with Gasteiger partial charge in [0.1, 0.15) is 5.75 Å². The molecule has 0 N–H and O–H groups in total. The van der Waals surface area contributed by atoms with Gasteiger partial charge < -0.3 is 9.26 Å². The van der Waals surface area contributed by atoms with Crippen LogP contribution in [0.15, 0.2) is 59.5 Å². The summed E-state index contributed by atoms with van der Waals surface area (Å²) in [5.74, 6) is 2.52. The zero-order valence-electron chi connectivity index (χ0n) is 13.2. The number of aromatic nitrogens is 5. The van der Waals surface area contributed by atoms with Gasteiger partial charge in [-0.2, -0.15) is 10.1 Å². The van der Waals surface area contributed by atoms with E-state index in [0.29, 0.717) is 17.5 Å². The summed E-state index contributed by atoms with van der Waals surface area (Å²) in [6.45, 7) is 0.721. The number of benzene rings is 1. The average molecular weight is 331 g/mol. The van der Waals surface area contributed by atoms with Crippen LogP contribution < -0.4 is 4.74 Å². The first kappa shape index (κ1) is 13.9. The van der Waals surface area contributed by atoms with E-state index in [1.165, 1.54) is 5.56 Å². The third-order valence-corrected chi connectivity index (χ3v) is 4.11. The molecule has 5 rings (SSSR count). The third kappa shape index (κ3) is 2.37. The molecule has 0 amide bonds. The van der Waals surface area contributed by atoms with Crippen LogP contribution in [0.25, 0.3) is 28.7 Å². The number of ether oxygens (including phenoxy) is 1. The summed E-state index contributed by atoms with van der Waals surface area (Å²) in [7, 11) is 0. The molecule has 1 aliphatic rings. The van der Waals surface area contributed by atoms with E-state index in [2.05, 4.69) is 26.3 Å². The first-order chi connectivity index (χ1) is 12.4. The fourth-order valence-corrected chi connectivity index (χ4v) is 2.92. The Labute approximate surface area is 142 Å². The Morgan fingerprint density at radius 3 is 3.00 bits per heavy atom. The highest BCUT2D eigenvalue weighted by Gasteiger charge is 2.18. The Morgan fingerprint density at radius 1 is 1.08 bits per heavy atom. The fraction of sp³-hybridized carbons (Fsp3) is 0.111. The van der Waals surface area contributed by atoms with Crippen molar-refractivity contribution in [2.75, 3.05) is 6.61 Å². The van der Waals surface area contributed by atoms with E-state index in [9.17, 15) is 0 Å². The molecular weight excluding hydrogens is 318 g/mol. The molecule has 0 unspecified atom stereocenters. The molecule has 0 atom stereocenters. The molecule has 25 heavy (non-hydrogen) atoms. The number of fused-ring (bicyclic) bond motifs is 1. The highest BCUT2D eigenvalue weighted by atomic mass is 16.5. The van der Waals surface area contributed by atoms with Crippen LogP contribution in [0.4, 0.5) is 0 Å². The molecule has 7 heteroatoms. The topological polar surface area (TPSA) is 78.9 Å². The SMILES string of the molecule is c1cnc(-n2cccn2)c(-c2nc(-c3ccc4c(c3)CCO4)no2)c1. The molecule has 122 valence electrons. The molecule has 3 aromatic heterocycles. The van der Waals surface area contributed by atoms with Gasteiger partial charge in [0.25, 0.3) is 5.89 Å². The minimum Gasteiger partial charge on any atom is -0.493 e. The second-order valence-corrected chi connectivity index (χ2v) is 5.67. The molecule has 4 heterocycles. The maximum absolute atomic E-state index is 5.54. The second-order valence-electron chi connectivity index (χ2n) is 5.67. The van der Waals surface area contributed by atoms with Gasteiger partial charge in [-0.15, -0.1) is 0 Å². The van der Waals surface area contributed by atoms with Crippen LogP contribution in [0.5, 0.6) is 5.75 Å². The highest BCUT2D eigenvalue weighted by molar-refractivity contribution is 5.66. The van der Waals surface area contributed by atoms with Gasteiger partial charge in [-0.25, -0.2) is 9.67 Å². The normalized spacial score (nSPS) is 12.8. The van der Waals surface area contributed by atoms with Crippen molar-refractivity contribution in [3.05, 3.63) is 60.6 Å². The summed E-state index contributed by atoms with van der Waals surface area (Å²) in [5.41, 5.74) is 2.81. The zero-order valence-corrected chi connectivity index (χ0v) is 13.2. The highest BCUT2D eigenvalue weighted by Crippen LogP contribution is 2.31. The lowest BCUT2D eigenvalue weighted by atomic mass is 10.1. The summed E-state index contributed by atoms with van der Waals surface area (Å²) in [6, 6.07) is 11.5. The Bertz CT molecular complexity index is 1040. The Morgan fingerprint density at radius 2 is 2.08 bits per heavy atom. The van der Waals surface area contributed by atoms with Crippen molar-refractivity contribution in [3.8, 4) is 34.4 Å². The first-order valence-electron chi connectivity index (χ1n) is 7.94. The summed E-state index contributed by atoms with van der Waals surface area (Å²) < 4.78 is 12.7. The lowest BCUT2D eigenvalue weighted by molar-refractivity contribution is 0.357. The van der Waals surface area contributed by atoms with E-state index in [4.69, 9.17) is 9.26 Å². The van der Waals surface area contributed by atoms with Crippen LogP contribution in [0, 0.1) is 0 Å². The van der Waals surface area contributed by atoms with Crippen LogP contribution in [-0.2, 0) is 6.42 Å². The summed E-state index contributed by atoms with van der Waals surface area (Å²) in [4.78, 5) is 8.93. The summed E-state index contributed by atoms with van der Waals surface area (Å²) in [6.07, 6.45) is 6.13. The van der Waals surface area contributed by atoms with Crippen molar-refractivity contribution < 1.29 is 9.26 Å². The Hall–Kier alpha value is -3.48. The largest absolute Gasteiger partial charge is 0.493 e. The molecule has 4 aromatic rings. The van der Waals surface area contributed by atoms with Crippen LogP contribution in [-0.4, -0.2) is 31.5 Å². The zero-order chi connectivity index (χ0) is 16.6. The molecule has 7 nitrogen and oxygen atoms in total. The molecule has 0 radical (unpaired) electrons. The maximum atomic E-state index is 5.54. The Kier molecular flexibility index (Phi) is 3.09. The van der Waals surface area contributed by atoms with E-state index in [0.717, 1.165) is 29.9 Å². The average Bonchev–Trinajstić information content (AvgIpc) is 3.42. The number of rotatable bonds is 3. The molecule has 0 saturated carbocycles. The van der Waals surface area contributed by atoms with E-state index < -0.39 is 0 Å². The van der Waals surface area contributed by atoms with Crippen molar-refractivity contribution in [2.24, 2.45) is 0 Å². The number of hydrogen-bond donors (Lipinski definition) is 0. The van der Waals surface area contributed by atoms with Gasteiger partial charge in [-0.05, 0) is 42.0 Å². The van der Waals surface area contributed by atoms with Crippen LogP contribution >= 0.6 is 0 Å². The van der Waals surface area contributed by atoms with E-state index in [1.807, 2.05) is 36.5 Å². The minimum atomic E-state index is 0.408. The predicted molar refractivity (Wildman–Crippen MR) is 89.3 cm³/mol. The molecule has 1 aromatic carbocycles. The molecule has 1 aliphatic heterocycles. The molecule has 0 saturated heterocycles. The molecule has 0 aliphatic carbocycles. The van der Waals surface area contributed by atoms with Gasteiger partial charge >= 0.3 is 0 Å². The van der Waals surface area contributed by atoms with Gasteiger partial charge in [-0.1, -0.05) is 5.16 Å². The van der Waals surface area contributed by atoms with E-state index in [-0.39, 0.29) is 0 Å². The summed E-state index contributed by atoms with van der Waals surface area (Å²) in [5, 5.41) is 8.35. The van der Waals surface area contributed by atoms with Gasteiger partial charge in [0.15, 0.2) is 5.82 Å². The van der Waals surface area contributed by atoms with Crippen LogP contribution in [0.2, 0.25) is 0 Å². The van der Waals surface area contributed by atoms with Crippen LogP contribution in [0.1, 0.15) is 5.56 Å². The van der Waals surface area contributed by atoms with E-state index >= 15 is 0 Å². The monoisotopic (exact) mass is 331 g/mol. The van der Waals surface area contributed by atoms with Gasteiger partial charge in [0, 0.05) is 30.6 Å². The predicted octanol–water partition coefficient (Wildman–Crippen LogP) is 2.92. The summed E-state index contributed by atoms with van der Waals surface area (Å²) >= 11 is 0. The van der Waals surface area contributed by atoms with Crippen molar-refractivity contribution >= 4 is 0 Å². The van der Waals surface area contributed by atoms with Gasteiger partial charge in [0.05, 0.1) is 12.2 Å². The molecule has 0 spiro atoms. The third-order valence-electron chi connectivity index (χ3n) is 4.11. The molecule has 0 fully saturated rings. The maximum Gasteiger partial charge on any atom is 0.262 e. The van der Waals surface area contributed by atoms with Crippen LogP contribution in [0.3, 0.4) is 0 Å². The van der Waals surface area contributed by atoms with Crippen molar-refractivity contribution in [2.45, 2.75) is 6.42 Å². The number of hydrogen-bond acceptors (Lipinski definition) is 6. The van der Waals surface area contributed by atoms with Gasteiger partial charge in [0.2, 0.25) is 5.82 Å². The van der Waals surface area contributed by atoms with Gasteiger partial charge in [-0.3, -0.25) is 0 Å². The Balaban J connectivity index is 1.56. The second kappa shape index (κ2) is 5.55. The number of pyridine rings is 1. The van der Waals surface area contributed by atoms with E-state index in [1.54, 1.807) is 17.1 Å². The smallest absolute Gasteiger partial charge is 0.262 e. The van der Waals surface area contributed by atoms with Crippen molar-refractivity contribution in [1.29, 1.82) is 0 Å². The first-order valence-corrected chi connectivity index (χ1v) is 7.94. The quantitative estimate of drug-likeness (QED) is 0.574.